The summed E-state index contributed by atoms with van der Waals surface area (Å²) in [6.45, 7) is 2.75. The van der Waals surface area contributed by atoms with Gasteiger partial charge in [-0.3, -0.25) is 9.59 Å². The van der Waals surface area contributed by atoms with E-state index in [9.17, 15) is 18.0 Å². The van der Waals surface area contributed by atoms with E-state index in [1.54, 1.807) is 0 Å². The Morgan fingerprint density at radius 3 is 2.23 bits per heavy atom. The molecule has 0 aromatic heterocycles. The number of hydrogen-bond donors (Lipinski definition) is 2. The van der Waals surface area contributed by atoms with Crippen LogP contribution in [-0.2, 0) is 19.4 Å². The molecule has 0 bridgehead atoms. The number of amides is 1. The van der Waals surface area contributed by atoms with Crippen LogP contribution in [0.5, 0.6) is 5.75 Å². The third kappa shape index (κ3) is 4.73. The van der Waals surface area contributed by atoms with Crippen molar-refractivity contribution in [2.45, 2.75) is 24.8 Å². The number of sulfone groups is 1. The maximum absolute atomic E-state index is 12.2. The first kappa shape index (κ1) is 18.0. The molecule has 0 aliphatic heterocycles. The molecule has 7 nitrogen and oxygen atoms in total. The maximum atomic E-state index is 12.2. The molecule has 0 heterocycles. The molecule has 1 aromatic rings. The van der Waals surface area contributed by atoms with Crippen molar-refractivity contribution < 1.29 is 27.9 Å². The molecule has 1 aromatic carbocycles. The zero-order chi connectivity index (χ0) is 16.9. The number of nitrogens with one attached hydrogen (secondary N) is 1. The zero-order valence-corrected chi connectivity index (χ0v) is 13.4. The highest BCUT2D eigenvalue weighted by molar-refractivity contribution is 7.91. The van der Waals surface area contributed by atoms with E-state index in [4.69, 9.17) is 9.84 Å². The molecular formula is C14H19NO6S. The van der Waals surface area contributed by atoms with Crippen molar-refractivity contribution in [3.05, 3.63) is 24.3 Å². The predicted molar refractivity (Wildman–Crippen MR) is 79.5 cm³/mol. The average Bonchev–Trinajstić information content (AvgIpc) is 2.46. The van der Waals surface area contributed by atoms with Crippen molar-refractivity contribution in [3.63, 3.8) is 0 Å². The summed E-state index contributed by atoms with van der Waals surface area (Å²) in [5.41, 5.74) is 0. The van der Waals surface area contributed by atoms with Gasteiger partial charge in [-0.05, 0) is 31.2 Å². The summed E-state index contributed by atoms with van der Waals surface area (Å²) in [6, 6.07) is 4.77. The van der Waals surface area contributed by atoms with Crippen LogP contribution < -0.4 is 10.1 Å². The van der Waals surface area contributed by atoms with Gasteiger partial charge in [0.25, 0.3) is 0 Å². The summed E-state index contributed by atoms with van der Waals surface area (Å²) in [4.78, 5) is 22.6. The van der Waals surface area contributed by atoms with E-state index in [1.165, 1.54) is 45.2 Å². The molecule has 1 unspecified atom stereocenters. The highest BCUT2D eigenvalue weighted by Gasteiger charge is 2.25. The van der Waals surface area contributed by atoms with Crippen molar-refractivity contribution in [1.29, 1.82) is 0 Å². The minimum atomic E-state index is -3.65. The van der Waals surface area contributed by atoms with Crippen LogP contribution in [0.1, 0.15) is 13.8 Å². The van der Waals surface area contributed by atoms with Gasteiger partial charge in [0, 0.05) is 5.92 Å². The highest BCUT2D eigenvalue weighted by atomic mass is 32.2. The lowest BCUT2D eigenvalue weighted by atomic mass is 10.2. The largest absolute Gasteiger partial charge is 0.497 e. The summed E-state index contributed by atoms with van der Waals surface area (Å²) in [5.74, 6) is -2.54. The number of aliphatic carboxylic acids is 1. The van der Waals surface area contributed by atoms with Gasteiger partial charge in [0.1, 0.15) is 11.8 Å². The maximum Gasteiger partial charge on any atom is 0.325 e. The lowest BCUT2D eigenvalue weighted by Crippen LogP contribution is -2.42. The number of methoxy groups -OCH3 is 1. The smallest absolute Gasteiger partial charge is 0.325 e. The van der Waals surface area contributed by atoms with Gasteiger partial charge >= 0.3 is 5.97 Å². The van der Waals surface area contributed by atoms with E-state index in [1.807, 2.05) is 0 Å². The summed E-state index contributed by atoms with van der Waals surface area (Å²) in [6.07, 6.45) is 0. The second-order valence-corrected chi connectivity index (χ2v) is 6.96. The number of carbonyl (C=O) groups is 2. The number of ether oxygens (including phenoxy) is 1. The summed E-state index contributed by atoms with van der Waals surface area (Å²) < 4.78 is 29.4. The molecule has 0 saturated heterocycles. The standard InChI is InChI=1S/C14H19NO6S/c1-9(13(16)15-10(2)14(17)18)8-22(19,20)12-6-4-11(21-3)5-7-12/h4-7,9-10H,8H2,1-3H3,(H,15,16)(H,17,18)/t9?,10-/m1/s1. The monoisotopic (exact) mass is 329 g/mol. The molecule has 122 valence electrons. The van der Waals surface area contributed by atoms with E-state index < -0.39 is 39.4 Å². The van der Waals surface area contributed by atoms with Gasteiger partial charge in [-0.2, -0.15) is 0 Å². The quantitative estimate of drug-likeness (QED) is 0.762. The van der Waals surface area contributed by atoms with Crippen LogP contribution >= 0.6 is 0 Å². The van der Waals surface area contributed by atoms with Gasteiger partial charge in [-0.15, -0.1) is 0 Å². The average molecular weight is 329 g/mol. The van der Waals surface area contributed by atoms with Crippen LogP contribution in [0.4, 0.5) is 0 Å². The van der Waals surface area contributed by atoms with Crippen molar-refractivity contribution >= 4 is 21.7 Å². The predicted octanol–water partition coefficient (Wildman–Crippen LogP) is 0.694. The van der Waals surface area contributed by atoms with Crippen LogP contribution in [0.3, 0.4) is 0 Å². The Morgan fingerprint density at radius 1 is 1.23 bits per heavy atom. The molecular weight excluding hydrogens is 310 g/mol. The normalized spacial score (nSPS) is 14.0. The zero-order valence-electron chi connectivity index (χ0n) is 12.6. The third-order valence-corrected chi connectivity index (χ3v) is 4.99. The molecule has 8 heteroatoms. The van der Waals surface area contributed by atoms with Gasteiger partial charge in [-0.1, -0.05) is 6.92 Å². The number of carboxylic acids is 1. The molecule has 0 aliphatic carbocycles. The summed E-state index contributed by atoms with van der Waals surface area (Å²) >= 11 is 0. The molecule has 0 radical (unpaired) electrons. The van der Waals surface area contributed by atoms with Crippen molar-refractivity contribution in [2.75, 3.05) is 12.9 Å². The summed E-state index contributed by atoms with van der Waals surface area (Å²) in [7, 11) is -2.18. The first-order chi connectivity index (χ1) is 10.2. The Kier molecular flexibility index (Phi) is 5.92. The lowest BCUT2D eigenvalue weighted by Gasteiger charge is -2.15. The molecule has 0 saturated carbocycles. The molecule has 1 amide bonds. The van der Waals surface area contributed by atoms with E-state index in [-0.39, 0.29) is 4.90 Å². The molecule has 0 aliphatic rings. The van der Waals surface area contributed by atoms with E-state index in [2.05, 4.69) is 5.32 Å². The van der Waals surface area contributed by atoms with Gasteiger partial charge < -0.3 is 15.2 Å². The Balaban J connectivity index is 2.78. The van der Waals surface area contributed by atoms with Gasteiger partial charge in [0.15, 0.2) is 9.84 Å². The topological polar surface area (TPSA) is 110 Å². The van der Waals surface area contributed by atoms with E-state index in [0.29, 0.717) is 5.75 Å². The van der Waals surface area contributed by atoms with Crippen molar-refractivity contribution in [3.8, 4) is 5.75 Å². The van der Waals surface area contributed by atoms with Crippen LogP contribution in [-0.4, -0.2) is 44.3 Å². The number of hydrogen-bond acceptors (Lipinski definition) is 5. The Hall–Kier alpha value is -2.09. The molecule has 2 atom stereocenters. The Morgan fingerprint density at radius 2 is 1.77 bits per heavy atom. The fourth-order valence-corrected chi connectivity index (χ4v) is 3.25. The SMILES string of the molecule is COc1ccc(S(=O)(=O)CC(C)C(=O)N[C@H](C)C(=O)O)cc1. The second-order valence-electron chi connectivity index (χ2n) is 4.93. The highest BCUT2D eigenvalue weighted by Crippen LogP contribution is 2.18. The van der Waals surface area contributed by atoms with Crippen molar-refractivity contribution in [2.24, 2.45) is 5.92 Å². The minimum absolute atomic E-state index is 0.0826. The summed E-state index contributed by atoms with van der Waals surface area (Å²) in [5, 5.41) is 11.0. The Labute approximate surface area is 129 Å². The lowest BCUT2D eigenvalue weighted by molar-refractivity contribution is -0.141. The van der Waals surface area contributed by atoms with Gasteiger partial charge in [0.05, 0.1) is 17.8 Å². The van der Waals surface area contributed by atoms with Crippen LogP contribution in [0.15, 0.2) is 29.2 Å². The number of carboxylic acid groups (broad SMARTS) is 1. The molecule has 1 rings (SSSR count). The molecule has 0 spiro atoms. The fourth-order valence-electron chi connectivity index (χ4n) is 1.70. The molecule has 2 N–H and O–H groups in total. The van der Waals surface area contributed by atoms with Crippen molar-refractivity contribution in [1.82, 2.24) is 5.32 Å². The Bertz CT molecular complexity index is 638. The van der Waals surface area contributed by atoms with Crippen LogP contribution in [0.25, 0.3) is 0 Å². The van der Waals surface area contributed by atoms with E-state index in [0.717, 1.165) is 0 Å². The number of rotatable bonds is 7. The second kappa shape index (κ2) is 7.26. The van der Waals surface area contributed by atoms with Gasteiger partial charge in [0.2, 0.25) is 5.91 Å². The first-order valence-corrected chi connectivity index (χ1v) is 8.22. The number of carbonyl (C=O) groups excluding carboxylic acids is 1. The number of benzene rings is 1. The third-order valence-electron chi connectivity index (χ3n) is 3.06. The van der Waals surface area contributed by atoms with E-state index >= 15 is 0 Å². The first-order valence-electron chi connectivity index (χ1n) is 6.57. The molecule has 22 heavy (non-hydrogen) atoms. The van der Waals surface area contributed by atoms with Crippen LogP contribution in [0.2, 0.25) is 0 Å². The molecule has 0 fully saturated rings. The van der Waals surface area contributed by atoms with Gasteiger partial charge in [-0.25, -0.2) is 8.42 Å². The fraction of sp³-hybridized carbons (Fsp3) is 0.429. The minimum Gasteiger partial charge on any atom is -0.497 e. The van der Waals surface area contributed by atoms with Crippen LogP contribution in [0, 0.1) is 5.92 Å².